The minimum absolute atomic E-state index is 0.0285. The number of likely N-dealkylation sites (tertiary alicyclic amines) is 1. The molecule has 9 nitrogen and oxygen atoms in total. The van der Waals surface area contributed by atoms with Crippen molar-refractivity contribution in [1.82, 2.24) is 20.4 Å². The number of aromatic amines is 1. The Balaban J connectivity index is 0.000000709. The maximum atomic E-state index is 12.2. The van der Waals surface area contributed by atoms with Gasteiger partial charge in [0.25, 0.3) is 5.97 Å². The van der Waals surface area contributed by atoms with Gasteiger partial charge in [-0.3, -0.25) is 19.6 Å². The van der Waals surface area contributed by atoms with Crippen LogP contribution in [0.1, 0.15) is 32.6 Å². The number of phenols is 1. The van der Waals surface area contributed by atoms with Gasteiger partial charge in [0.15, 0.2) is 0 Å². The Kier molecular flexibility index (Phi) is 8.22. The minimum Gasteiger partial charge on any atom is -0.508 e. The first-order chi connectivity index (χ1) is 17.4. The summed E-state index contributed by atoms with van der Waals surface area (Å²) < 4.78 is 6.28. The van der Waals surface area contributed by atoms with Gasteiger partial charge in [0, 0.05) is 38.4 Å². The van der Waals surface area contributed by atoms with Crippen LogP contribution in [-0.2, 0) is 9.59 Å². The van der Waals surface area contributed by atoms with Crippen LogP contribution < -0.4 is 10.1 Å². The average Bonchev–Trinajstić information content (AvgIpc) is 3.50. The Labute approximate surface area is 209 Å². The molecule has 1 amide bonds. The highest BCUT2D eigenvalue weighted by Crippen LogP contribution is 2.35. The number of aromatic hydroxyl groups is 1. The van der Waals surface area contributed by atoms with Gasteiger partial charge < -0.3 is 20.3 Å². The molecule has 1 aliphatic heterocycles. The molecule has 5 rings (SSSR count). The third-order valence-corrected chi connectivity index (χ3v) is 6.29. The number of nitrogens with one attached hydrogen (secondary N) is 2. The van der Waals surface area contributed by atoms with Crippen LogP contribution >= 0.6 is 0 Å². The molecule has 3 aromatic rings. The first-order valence-electron chi connectivity index (χ1n) is 12.2. The number of rotatable bonds is 7. The van der Waals surface area contributed by atoms with Gasteiger partial charge in [-0.15, -0.1) is 0 Å². The number of benzene rings is 2. The molecule has 0 spiro atoms. The molecule has 2 heterocycles. The van der Waals surface area contributed by atoms with Crippen molar-refractivity contribution in [2.24, 2.45) is 0 Å². The van der Waals surface area contributed by atoms with Crippen molar-refractivity contribution >= 4 is 22.8 Å². The fourth-order valence-electron chi connectivity index (χ4n) is 4.42. The Morgan fingerprint density at radius 3 is 2.56 bits per heavy atom. The van der Waals surface area contributed by atoms with Gasteiger partial charge in [-0.05, 0) is 61.3 Å². The molecule has 1 saturated carbocycles. The highest BCUT2D eigenvalue weighted by atomic mass is 16.5. The second-order valence-corrected chi connectivity index (χ2v) is 9.20. The lowest BCUT2D eigenvalue weighted by atomic mass is 9.89. The Bertz CT molecular complexity index is 1200. The number of aromatic nitrogens is 2. The van der Waals surface area contributed by atoms with Gasteiger partial charge in [-0.1, -0.05) is 18.2 Å². The number of carboxylic acids is 1. The van der Waals surface area contributed by atoms with Gasteiger partial charge >= 0.3 is 0 Å². The Hall–Kier alpha value is -3.85. The predicted molar refractivity (Wildman–Crippen MR) is 137 cm³/mol. The summed E-state index contributed by atoms with van der Waals surface area (Å²) in [5, 5.41) is 28.2. The van der Waals surface area contributed by atoms with Crippen molar-refractivity contribution < 1.29 is 24.5 Å². The first-order valence-corrected chi connectivity index (χ1v) is 12.2. The van der Waals surface area contributed by atoms with E-state index in [4.69, 9.17) is 14.6 Å². The van der Waals surface area contributed by atoms with Gasteiger partial charge in [0.1, 0.15) is 17.6 Å². The molecule has 1 aromatic heterocycles. The number of aliphatic carboxylic acids is 1. The monoisotopic (exact) mass is 492 g/mol. The number of carbonyl (C=O) groups is 2. The van der Waals surface area contributed by atoms with Crippen LogP contribution in [0.4, 0.5) is 0 Å². The highest BCUT2D eigenvalue weighted by molar-refractivity contribution is 5.90. The van der Waals surface area contributed by atoms with Gasteiger partial charge in [0.05, 0.1) is 17.1 Å². The van der Waals surface area contributed by atoms with Crippen LogP contribution in [0.25, 0.3) is 22.0 Å². The van der Waals surface area contributed by atoms with Crippen LogP contribution in [0.5, 0.6) is 11.5 Å². The molecule has 0 unspecified atom stereocenters. The van der Waals surface area contributed by atoms with Gasteiger partial charge in [-0.25, -0.2) is 0 Å². The summed E-state index contributed by atoms with van der Waals surface area (Å²) in [6, 6.07) is 11.3. The topological polar surface area (TPSA) is 128 Å². The number of carboxylic acid groups (broad SMARTS) is 1. The zero-order valence-corrected chi connectivity index (χ0v) is 20.3. The number of nitrogens with zero attached hydrogens (tertiary/aromatic N) is 2. The zero-order chi connectivity index (χ0) is 25.5. The van der Waals surface area contributed by atoms with Crippen molar-refractivity contribution in [2.45, 2.75) is 44.8 Å². The first kappa shape index (κ1) is 25.2. The smallest absolute Gasteiger partial charge is 0.300 e. The molecule has 0 bridgehead atoms. The molecule has 36 heavy (non-hydrogen) atoms. The van der Waals surface area contributed by atoms with Crippen molar-refractivity contribution in [3.63, 3.8) is 0 Å². The van der Waals surface area contributed by atoms with Gasteiger partial charge in [0.2, 0.25) is 5.91 Å². The third kappa shape index (κ3) is 6.85. The molecule has 9 heteroatoms. The average molecular weight is 493 g/mol. The summed E-state index contributed by atoms with van der Waals surface area (Å²) in [5.41, 5.74) is 2.88. The fourth-order valence-corrected chi connectivity index (χ4v) is 4.42. The van der Waals surface area contributed by atoms with Crippen molar-refractivity contribution in [3.8, 4) is 22.6 Å². The van der Waals surface area contributed by atoms with E-state index in [-0.39, 0.29) is 23.8 Å². The third-order valence-electron chi connectivity index (χ3n) is 6.29. The molecule has 190 valence electrons. The van der Waals surface area contributed by atoms with Crippen molar-refractivity contribution in [3.05, 3.63) is 54.7 Å². The summed E-state index contributed by atoms with van der Waals surface area (Å²) in [4.78, 5) is 23.5. The maximum Gasteiger partial charge on any atom is 0.300 e. The molecular formula is C27H32N4O5. The number of phenolic OH excluding ortho intramolecular Hbond substituents is 1. The van der Waals surface area contributed by atoms with E-state index < -0.39 is 5.97 Å². The van der Waals surface area contributed by atoms with E-state index >= 15 is 0 Å². The predicted octanol–water partition coefficient (Wildman–Crippen LogP) is 3.70. The number of fused-ring (bicyclic) bond motifs is 1. The Morgan fingerprint density at radius 1 is 1.17 bits per heavy atom. The van der Waals surface area contributed by atoms with Crippen molar-refractivity contribution in [2.75, 3.05) is 19.6 Å². The largest absolute Gasteiger partial charge is 0.508 e. The summed E-state index contributed by atoms with van der Waals surface area (Å²) in [7, 11) is 0. The zero-order valence-electron chi connectivity index (χ0n) is 20.3. The maximum absolute atomic E-state index is 12.2. The van der Waals surface area contributed by atoms with Gasteiger partial charge in [-0.2, -0.15) is 5.10 Å². The number of ether oxygens (including phenoxy) is 1. The lowest BCUT2D eigenvalue weighted by Gasteiger charge is -2.35. The fraction of sp³-hybridized carbons (Fsp3) is 0.370. The van der Waals surface area contributed by atoms with E-state index in [2.05, 4.69) is 20.4 Å². The normalized spacial score (nSPS) is 19.5. The summed E-state index contributed by atoms with van der Waals surface area (Å²) in [6.45, 7) is 4.19. The SMILES string of the molecule is CC(=O)O.O=C(/C=C/CN1CCCC1)NC1CC(Oc2cc(-c3ccc(O)cc3)cc3[nH]ncc23)C1. The number of hydrogen-bond donors (Lipinski definition) is 4. The number of carbonyl (C=O) groups excluding carboxylic acids is 1. The molecule has 1 aliphatic carbocycles. The quantitative estimate of drug-likeness (QED) is 0.370. The molecular weight excluding hydrogens is 460 g/mol. The van der Waals surface area contributed by atoms with E-state index in [9.17, 15) is 9.90 Å². The van der Waals surface area contributed by atoms with Crippen LogP contribution in [0.2, 0.25) is 0 Å². The highest BCUT2D eigenvalue weighted by Gasteiger charge is 2.32. The molecule has 1 saturated heterocycles. The molecule has 0 atom stereocenters. The Morgan fingerprint density at radius 2 is 1.86 bits per heavy atom. The number of hydrogen-bond acceptors (Lipinski definition) is 6. The summed E-state index contributed by atoms with van der Waals surface area (Å²) in [6.07, 6.45) is 9.53. The summed E-state index contributed by atoms with van der Waals surface area (Å²) in [5.74, 6) is 0.153. The van der Waals surface area contributed by atoms with E-state index in [1.807, 2.05) is 30.3 Å². The van der Waals surface area contributed by atoms with Crippen LogP contribution in [0.15, 0.2) is 54.7 Å². The molecule has 2 aliphatic rings. The molecule has 4 N–H and O–H groups in total. The standard InChI is InChI=1S/C25H28N4O3.C2H4O2/c30-20-7-5-17(6-8-20)18-12-23-22(16-26-28-23)24(13-18)32-21-14-19(15-21)27-25(31)4-3-11-29-9-1-2-10-29;1-2(3)4/h3-8,12-13,16,19,21,30H,1-2,9-11,14-15H2,(H,26,28)(H,27,31);1H3,(H,3,4)/b4-3+;. The molecule has 0 radical (unpaired) electrons. The second-order valence-electron chi connectivity index (χ2n) is 9.20. The molecule has 2 aromatic carbocycles. The number of amides is 1. The lowest BCUT2D eigenvalue weighted by Crippen LogP contribution is -2.48. The van der Waals surface area contributed by atoms with Crippen LogP contribution in [-0.4, -0.2) is 69.0 Å². The van der Waals surface area contributed by atoms with Crippen LogP contribution in [0, 0.1) is 0 Å². The van der Waals surface area contributed by atoms with E-state index in [0.29, 0.717) is 0 Å². The van der Waals surface area contributed by atoms with E-state index in [1.54, 1.807) is 24.4 Å². The molecule has 2 fully saturated rings. The van der Waals surface area contributed by atoms with E-state index in [1.165, 1.54) is 12.8 Å². The van der Waals surface area contributed by atoms with Crippen molar-refractivity contribution in [1.29, 1.82) is 0 Å². The van der Waals surface area contributed by atoms with Crippen LogP contribution in [0.3, 0.4) is 0 Å². The minimum atomic E-state index is -0.833. The number of H-pyrrole nitrogens is 1. The summed E-state index contributed by atoms with van der Waals surface area (Å²) >= 11 is 0. The second kappa shape index (κ2) is 11.7. The van der Waals surface area contributed by atoms with E-state index in [0.717, 1.165) is 67.2 Å². The lowest BCUT2D eigenvalue weighted by molar-refractivity contribution is -0.134.